The molecule has 0 unspecified atom stereocenters. The van der Waals surface area contributed by atoms with E-state index in [1.807, 2.05) is 57.5 Å². The van der Waals surface area contributed by atoms with Crippen LogP contribution in [0.15, 0.2) is 73.1 Å². The summed E-state index contributed by atoms with van der Waals surface area (Å²) in [6.45, 7) is 3.92. The van der Waals surface area contributed by atoms with Crippen LogP contribution in [-0.4, -0.2) is 35.7 Å². The van der Waals surface area contributed by atoms with E-state index in [4.69, 9.17) is 17.0 Å². The van der Waals surface area contributed by atoms with Gasteiger partial charge in [-0.2, -0.15) is 0 Å². The summed E-state index contributed by atoms with van der Waals surface area (Å²) in [5, 5.41) is 4.01. The minimum atomic E-state index is 0.600. The Morgan fingerprint density at radius 1 is 0.967 bits per heavy atom. The second-order valence-corrected chi connectivity index (χ2v) is 7.52. The highest BCUT2D eigenvalue weighted by Crippen LogP contribution is 2.25. The van der Waals surface area contributed by atoms with Crippen LogP contribution in [0.2, 0.25) is 0 Å². The third-order valence-electron chi connectivity index (χ3n) is 4.64. The lowest BCUT2D eigenvalue weighted by Gasteiger charge is -2.27. The molecule has 0 aliphatic rings. The molecule has 5 nitrogen and oxygen atoms in total. The third-order valence-corrected chi connectivity index (χ3v) is 5.00. The fraction of sp³-hybridized carbons (Fsp3) is 0.250. The second kappa shape index (κ2) is 10.6. The fourth-order valence-electron chi connectivity index (χ4n) is 3.08. The topological polar surface area (TPSA) is 40.6 Å². The maximum Gasteiger partial charge on any atom is 0.174 e. The molecule has 156 valence electrons. The van der Waals surface area contributed by atoms with E-state index in [0.717, 1.165) is 17.0 Å². The van der Waals surface area contributed by atoms with Gasteiger partial charge in [0.05, 0.1) is 12.3 Å². The largest absolute Gasteiger partial charge is 0.492 e. The van der Waals surface area contributed by atoms with Crippen molar-refractivity contribution < 1.29 is 4.74 Å². The van der Waals surface area contributed by atoms with Crippen molar-refractivity contribution in [2.75, 3.05) is 30.9 Å². The predicted molar refractivity (Wildman–Crippen MR) is 128 cm³/mol. The van der Waals surface area contributed by atoms with Crippen molar-refractivity contribution in [3.05, 3.63) is 84.2 Å². The molecule has 3 aromatic rings. The van der Waals surface area contributed by atoms with Crippen molar-refractivity contribution in [3.63, 3.8) is 0 Å². The van der Waals surface area contributed by atoms with Gasteiger partial charge in [-0.15, -0.1) is 0 Å². The van der Waals surface area contributed by atoms with E-state index >= 15 is 0 Å². The van der Waals surface area contributed by atoms with Gasteiger partial charge in [0, 0.05) is 45.3 Å². The zero-order chi connectivity index (χ0) is 21.3. The minimum absolute atomic E-state index is 0.600. The van der Waals surface area contributed by atoms with Crippen LogP contribution in [0.4, 0.5) is 11.4 Å². The Balaban J connectivity index is 1.80. The standard InChI is InChI=1S/C24H28N4OS/c1-4-29-23-10-6-5-9-22(23)26-24(30)28(18-20-8-7-15-25-16-20)17-19-11-13-21(14-12-19)27(2)3/h5-16H,4,17-18H2,1-3H3,(H,26,30). The number of hydrogen-bond acceptors (Lipinski definition) is 4. The van der Waals surface area contributed by atoms with E-state index < -0.39 is 0 Å². The van der Waals surface area contributed by atoms with Gasteiger partial charge >= 0.3 is 0 Å². The monoisotopic (exact) mass is 420 g/mol. The van der Waals surface area contributed by atoms with Crippen LogP contribution in [0, 0.1) is 0 Å². The highest BCUT2D eigenvalue weighted by molar-refractivity contribution is 7.80. The molecule has 0 aliphatic heterocycles. The van der Waals surface area contributed by atoms with E-state index in [9.17, 15) is 0 Å². The van der Waals surface area contributed by atoms with Crippen LogP contribution < -0.4 is 15.0 Å². The Kier molecular flexibility index (Phi) is 7.63. The summed E-state index contributed by atoms with van der Waals surface area (Å²) < 4.78 is 5.73. The summed E-state index contributed by atoms with van der Waals surface area (Å²) in [5.41, 5.74) is 4.32. The van der Waals surface area contributed by atoms with Crippen molar-refractivity contribution in [1.82, 2.24) is 9.88 Å². The van der Waals surface area contributed by atoms with Crippen molar-refractivity contribution in [1.29, 1.82) is 0 Å². The average Bonchev–Trinajstić information content (AvgIpc) is 2.76. The van der Waals surface area contributed by atoms with Crippen molar-refractivity contribution in [3.8, 4) is 5.75 Å². The van der Waals surface area contributed by atoms with E-state index in [-0.39, 0.29) is 0 Å². The van der Waals surface area contributed by atoms with Gasteiger partial charge in [-0.25, -0.2) is 0 Å². The van der Waals surface area contributed by atoms with Crippen LogP contribution in [0.5, 0.6) is 5.75 Å². The molecular weight excluding hydrogens is 392 g/mol. The van der Waals surface area contributed by atoms with E-state index in [2.05, 4.69) is 50.4 Å². The van der Waals surface area contributed by atoms with Crippen LogP contribution in [0.1, 0.15) is 18.1 Å². The molecule has 0 saturated carbocycles. The first kappa shape index (κ1) is 21.6. The molecule has 0 aliphatic carbocycles. The van der Waals surface area contributed by atoms with Gasteiger partial charge < -0.3 is 19.9 Å². The maximum absolute atomic E-state index is 5.80. The second-order valence-electron chi connectivity index (χ2n) is 7.14. The van der Waals surface area contributed by atoms with Gasteiger partial charge in [0.15, 0.2) is 5.11 Å². The number of rotatable bonds is 8. The summed E-state index contributed by atoms with van der Waals surface area (Å²) in [5.74, 6) is 0.791. The summed E-state index contributed by atoms with van der Waals surface area (Å²) in [6.07, 6.45) is 3.65. The smallest absolute Gasteiger partial charge is 0.174 e. The van der Waals surface area contributed by atoms with Crippen LogP contribution >= 0.6 is 12.2 Å². The Bertz CT molecular complexity index is 945. The predicted octanol–water partition coefficient (Wildman–Crippen LogP) is 4.95. The molecule has 1 heterocycles. The van der Waals surface area contributed by atoms with Gasteiger partial charge in [0.1, 0.15) is 5.75 Å². The van der Waals surface area contributed by atoms with Crippen molar-refractivity contribution in [2.24, 2.45) is 0 Å². The first-order valence-corrected chi connectivity index (χ1v) is 10.4. The van der Waals surface area contributed by atoms with E-state index in [0.29, 0.717) is 24.8 Å². The number of benzene rings is 2. The number of pyridine rings is 1. The molecule has 0 fully saturated rings. The normalized spacial score (nSPS) is 10.4. The first-order valence-electron chi connectivity index (χ1n) is 9.99. The molecule has 0 bridgehead atoms. The molecule has 2 aromatic carbocycles. The number of hydrogen-bond donors (Lipinski definition) is 1. The molecular formula is C24H28N4OS. The summed E-state index contributed by atoms with van der Waals surface area (Å²) >= 11 is 5.80. The van der Waals surface area contributed by atoms with Gasteiger partial charge in [-0.3, -0.25) is 4.98 Å². The quantitative estimate of drug-likeness (QED) is 0.520. The molecule has 3 rings (SSSR count). The Morgan fingerprint density at radius 3 is 2.37 bits per heavy atom. The summed E-state index contributed by atoms with van der Waals surface area (Å²) in [6, 6.07) is 20.4. The molecule has 0 atom stereocenters. The number of nitrogens with zero attached hydrogens (tertiary/aromatic N) is 3. The zero-order valence-electron chi connectivity index (χ0n) is 17.7. The van der Waals surface area contributed by atoms with Gasteiger partial charge in [-0.1, -0.05) is 30.3 Å². The summed E-state index contributed by atoms with van der Waals surface area (Å²) in [7, 11) is 4.08. The molecule has 1 aromatic heterocycles. The van der Waals surface area contributed by atoms with E-state index in [1.165, 1.54) is 11.3 Å². The van der Waals surface area contributed by atoms with Crippen molar-refractivity contribution >= 4 is 28.7 Å². The number of anilines is 2. The maximum atomic E-state index is 5.80. The third kappa shape index (κ3) is 5.94. The SMILES string of the molecule is CCOc1ccccc1NC(=S)N(Cc1ccc(N(C)C)cc1)Cc1cccnc1. The highest BCUT2D eigenvalue weighted by Gasteiger charge is 2.14. The summed E-state index contributed by atoms with van der Waals surface area (Å²) in [4.78, 5) is 8.47. The zero-order valence-corrected chi connectivity index (χ0v) is 18.5. The number of ether oxygens (including phenoxy) is 1. The Morgan fingerprint density at radius 2 is 1.70 bits per heavy atom. The average molecular weight is 421 g/mol. The molecule has 0 spiro atoms. The van der Waals surface area contributed by atoms with Crippen LogP contribution in [0.25, 0.3) is 0 Å². The molecule has 6 heteroatoms. The molecule has 0 amide bonds. The number of thiocarbonyl (C=S) groups is 1. The van der Waals surface area contributed by atoms with Crippen LogP contribution in [0.3, 0.4) is 0 Å². The Labute approximate surface area is 184 Å². The van der Waals surface area contributed by atoms with Gasteiger partial charge in [0.2, 0.25) is 0 Å². The van der Waals surface area contributed by atoms with Crippen LogP contribution in [-0.2, 0) is 13.1 Å². The van der Waals surface area contributed by atoms with Gasteiger partial charge in [-0.05, 0) is 60.6 Å². The fourth-order valence-corrected chi connectivity index (χ4v) is 3.32. The first-order chi connectivity index (χ1) is 14.6. The van der Waals surface area contributed by atoms with Crippen molar-refractivity contribution in [2.45, 2.75) is 20.0 Å². The lowest BCUT2D eigenvalue weighted by molar-refractivity contribution is 0.342. The number of para-hydroxylation sites is 2. The van der Waals surface area contributed by atoms with Gasteiger partial charge in [0.25, 0.3) is 0 Å². The molecule has 0 saturated heterocycles. The molecule has 1 N–H and O–H groups in total. The molecule has 30 heavy (non-hydrogen) atoms. The lowest BCUT2D eigenvalue weighted by Crippen LogP contribution is -2.34. The minimum Gasteiger partial charge on any atom is -0.492 e. The van der Waals surface area contributed by atoms with E-state index in [1.54, 1.807) is 6.20 Å². The number of nitrogens with one attached hydrogen (secondary N) is 1. The Hall–Kier alpha value is -3.12. The lowest BCUT2D eigenvalue weighted by atomic mass is 10.1. The highest BCUT2D eigenvalue weighted by atomic mass is 32.1. The number of aromatic nitrogens is 1. The molecule has 0 radical (unpaired) electrons.